The van der Waals surface area contributed by atoms with Gasteiger partial charge in [0.1, 0.15) is 11.5 Å². The molecule has 0 fully saturated rings. The minimum atomic E-state index is -0.508. The van der Waals surface area contributed by atoms with Gasteiger partial charge in [0.25, 0.3) is 5.91 Å². The summed E-state index contributed by atoms with van der Waals surface area (Å²) in [4.78, 5) is 16.3. The minimum absolute atomic E-state index is 0.0463. The number of rotatable bonds is 5. The molecule has 2 heterocycles. The van der Waals surface area contributed by atoms with Gasteiger partial charge < -0.3 is 5.32 Å². The standard InChI is InChI=1S/C20H18N4O2/c25-19(23-26)13-21-20-16(12-14-6-2-1-3-7-14)22-18-11-10-15-8-4-5-9-17(15)24(18)20/h1-11,21,26H,12-13H2,(H,23,25). The number of carbonyl (C=O) groups excluding carboxylic acids is 1. The van der Waals surface area contributed by atoms with Crippen LogP contribution >= 0.6 is 0 Å². The molecule has 0 spiro atoms. The number of benzene rings is 2. The van der Waals surface area contributed by atoms with E-state index >= 15 is 0 Å². The minimum Gasteiger partial charge on any atom is -0.360 e. The van der Waals surface area contributed by atoms with Gasteiger partial charge >= 0.3 is 0 Å². The second kappa shape index (κ2) is 6.85. The number of carbonyl (C=O) groups is 1. The summed E-state index contributed by atoms with van der Waals surface area (Å²) in [6, 6.07) is 22.1. The van der Waals surface area contributed by atoms with Gasteiger partial charge in [-0.25, -0.2) is 10.5 Å². The van der Waals surface area contributed by atoms with Crippen molar-refractivity contribution in [3.63, 3.8) is 0 Å². The van der Waals surface area contributed by atoms with Gasteiger partial charge in [-0.1, -0.05) is 48.5 Å². The molecule has 0 aliphatic carbocycles. The Balaban J connectivity index is 1.86. The van der Waals surface area contributed by atoms with Crippen molar-refractivity contribution in [2.45, 2.75) is 6.42 Å². The Labute approximate surface area is 150 Å². The lowest BCUT2D eigenvalue weighted by molar-refractivity contribution is -0.127. The number of aromatic nitrogens is 2. The van der Waals surface area contributed by atoms with Gasteiger partial charge in [0.05, 0.1) is 17.8 Å². The topological polar surface area (TPSA) is 78.7 Å². The summed E-state index contributed by atoms with van der Waals surface area (Å²) in [5.41, 5.74) is 5.44. The third-order valence-electron chi connectivity index (χ3n) is 4.32. The first-order chi connectivity index (χ1) is 12.8. The summed E-state index contributed by atoms with van der Waals surface area (Å²) >= 11 is 0. The SMILES string of the molecule is O=C(CNc1c(Cc2ccccc2)nc2ccc3ccccc3n12)NO. The van der Waals surface area contributed by atoms with E-state index in [0.29, 0.717) is 6.42 Å². The van der Waals surface area contributed by atoms with E-state index in [0.717, 1.165) is 33.6 Å². The van der Waals surface area contributed by atoms with Crippen LogP contribution in [0.25, 0.3) is 16.6 Å². The second-order valence-electron chi connectivity index (χ2n) is 6.04. The highest BCUT2D eigenvalue weighted by molar-refractivity contribution is 5.85. The third-order valence-corrected chi connectivity index (χ3v) is 4.32. The fourth-order valence-corrected chi connectivity index (χ4v) is 3.13. The molecule has 4 aromatic rings. The van der Waals surface area contributed by atoms with Crippen molar-refractivity contribution in [2.75, 3.05) is 11.9 Å². The first kappa shape index (κ1) is 16.1. The molecule has 0 atom stereocenters. The summed E-state index contributed by atoms with van der Waals surface area (Å²) in [6.45, 7) is -0.0463. The highest BCUT2D eigenvalue weighted by atomic mass is 16.5. The second-order valence-corrected chi connectivity index (χ2v) is 6.04. The molecule has 6 nitrogen and oxygen atoms in total. The van der Waals surface area contributed by atoms with E-state index in [1.165, 1.54) is 0 Å². The maximum absolute atomic E-state index is 11.5. The van der Waals surface area contributed by atoms with E-state index in [9.17, 15) is 4.79 Å². The molecule has 0 aliphatic rings. The fourth-order valence-electron chi connectivity index (χ4n) is 3.13. The lowest BCUT2D eigenvalue weighted by atomic mass is 10.1. The lowest BCUT2D eigenvalue weighted by Crippen LogP contribution is -2.27. The zero-order chi connectivity index (χ0) is 17.9. The molecule has 2 aromatic carbocycles. The monoisotopic (exact) mass is 346 g/mol. The van der Waals surface area contributed by atoms with Crippen LogP contribution < -0.4 is 10.8 Å². The maximum Gasteiger partial charge on any atom is 0.262 e. The third kappa shape index (κ3) is 2.98. The zero-order valence-electron chi connectivity index (χ0n) is 14.0. The Bertz CT molecular complexity index is 1070. The molecule has 0 saturated carbocycles. The molecular weight excluding hydrogens is 328 g/mol. The predicted molar refractivity (Wildman–Crippen MR) is 100 cm³/mol. The van der Waals surface area contributed by atoms with E-state index in [1.807, 2.05) is 71.1 Å². The number of hydroxylamine groups is 1. The number of imidazole rings is 1. The van der Waals surface area contributed by atoms with Gasteiger partial charge in [-0.3, -0.25) is 14.4 Å². The molecule has 2 aromatic heterocycles. The van der Waals surface area contributed by atoms with Gasteiger partial charge in [0, 0.05) is 6.42 Å². The number of nitrogens with one attached hydrogen (secondary N) is 2. The van der Waals surface area contributed by atoms with Crippen molar-refractivity contribution in [2.24, 2.45) is 0 Å². The quantitative estimate of drug-likeness (QED) is 0.383. The van der Waals surface area contributed by atoms with E-state index in [4.69, 9.17) is 10.2 Å². The van der Waals surface area contributed by atoms with Crippen LogP contribution in [0.1, 0.15) is 11.3 Å². The van der Waals surface area contributed by atoms with Crippen molar-refractivity contribution >= 4 is 28.3 Å². The van der Waals surface area contributed by atoms with E-state index in [2.05, 4.69) is 5.32 Å². The molecule has 0 bridgehead atoms. The molecule has 6 heteroatoms. The van der Waals surface area contributed by atoms with Gasteiger partial charge in [0.15, 0.2) is 0 Å². The van der Waals surface area contributed by atoms with Gasteiger partial charge in [-0.15, -0.1) is 0 Å². The zero-order valence-corrected chi connectivity index (χ0v) is 14.0. The van der Waals surface area contributed by atoms with Crippen LogP contribution in [0, 0.1) is 0 Å². The van der Waals surface area contributed by atoms with Gasteiger partial charge in [-0.2, -0.15) is 0 Å². The van der Waals surface area contributed by atoms with Crippen LogP contribution in [0.15, 0.2) is 66.7 Å². The van der Waals surface area contributed by atoms with Crippen molar-refractivity contribution in [1.29, 1.82) is 0 Å². The summed E-state index contributed by atoms with van der Waals surface area (Å²) in [5.74, 6) is 0.245. The normalized spacial score (nSPS) is 11.0. The number of pyridine rings is 1. The van der Waals surface area contributed by atoms with Crippen LogP contribution in [0.3, 0.4) is 0 Å². The van der Waals surface area contributed by atoms with E-state index in [1.54, 1.807) is 5.48 Å². The number of nitrogens with zero attached hydrogens (tertiary/aromatic N) is 2. The number of hydrogen-bond acceptors (Lipinski definition) is 4. The molecule has 1 amide bonds. The van der Waals surface area contributed by atoms with Crippen LogP contribution in [0.5, 0.6) is 0 Å². The van der Waals surface area contributed by atoms with Crippen molar-refractivity contribution in [1.82, 2.24) is 14.9 Å². The fraction of sp³-hybridized carbons (Fsp3) is 0.100. The van der Waals surface area contributed by atoms with Crippen LogP contribution in [-0.2, 0) is 11.2 Å². The first-order valence-corrected chi connectivity index (χ1v) is 8.36. The van der Waals surface area contributed by atoms with Crippen LogP contribution in [0.4, 0.5) is 5.82 Å². The average molecular weight is 346 g/mol. The Morgan fingerprint density at radius 3 is 2.58 bits per heavy atom. The van der Waals surface area contributed by atoms with E-state index in [-0.39, 0.29) is 6.54 Å². The summed E-state index contributed by atoms with van der Waals surface area (Å²) in [5, 5.41) is 13.0. The molecule has 0 saturated heterocycles. The average Bonchev–Trinajstić information content (AvgIpc) is 3.04. The number of fused-ring (bicyclic) bond motifs is 3. The maximum atomic E-state index is 11.5. The number of amides is 1. The van der Waals surface area contributed by atoms with Crippen LogP contribution in [-0.4, -0.2) is 27.0 Å². The van der Waals surface area contributed by atoms with Crippen molar-refractivity contribution in [3.8, 4) is 0 Å². The summed E-state index contributed by atoms with van der Waals surface area (Å²) in [6.07, 6.45) is 0.639. The predicted octanol–water partition coefficient (Wildman–Crippen LogP) is 3.00. The molecular formula is C20H18N4O2. The molecule has 130 valence electrons. The number of anilines is 1. The van der Waals surface area contributed by atoms with E-state index < -0.39 is 5.91 Å². The van der Waals surface area contributed by atoms with Gasteiger partial charge in [0.2, 0.25) is 0 Å². The first-order valence-electron chi connectivity index (χ1n) is 8.36. The van der Waals surface area contributed by atoms with Crippen LogP contribution in [0.2, 0.25) is 0 Å². The molecule has 0 aliphatic heterocycles. The summed E-state index contributed by atoms with van der Waals surface area (Å²) < 4.78 is 2.01. The Kier molecular flexibility index (Phi) is 4.25. The Morgan fingerprint density at radius 2 is 1.77 bits per heavy atom. The summed E-state index contributed by atoms with van der Waals surface area (Å²) in [7, 11) is 0. The molecule has 3 N–H and O–H groups in total. The highest BCUT2D eigenvalue weighted by Gasteiger charge is 2.15. The lowest BCUT2D eigenvalue weighted by Gasteiger charge is -2.10. The Morgan fingerprint density at radius 1 is 1.00 bits per heavy atom. The molecule has 4 rings (SSSR count). The number of para-hydroxylation sites is 1. The Hall–Kier alpha value is -3.38. The molecule has 0 unspecified atom stereocenters. The molecule has 26 heavy (non-hydrogen) atoms. The number of hydrogen-bond donors (Lipinski definition) is 3. The van der Waals surface area contributed by atoms with Crippen molar-refractivity contribution in [3.05, 3.63) is 78.0 Å². The van der Waals surface area contributed by atoms with Gasteiger partial charge in [-0.05, 0) is 29.1 Å². The largest absolute Gasteiger partial charge is 0.360 e. The smallest absolute Gasteiger partial charge is 0.262 e. The highest BCUT2D eigenvalue weighted by Crippen LogP contribution is 2.26. The molecule has 0 radical (unpaired) electrons. The van der Waals surface area contributed by atoms with Crippen molar-refractivity contribution < 1.29 is 10.0 Å².